The number of rotatable bonds is 5. The summed E-state index contributed by atoms with van der Waals surface area (Å²) in [5, 5.41) is 3.06. The highest BCUT2D eigenvalue weighted by molar-refractivity contribution is 7.89. The standard InChI is InChI=1S/C13H21ClN2O2S/c1-10(14)13(2,3)15-11-8-6-7-9-12(11)19(17,18)16(4)5/h6-10,15H,1-5H3. The number of alkyl halides is 1. The van der Waals surface area contributed by atoms with Crippen LogP contribution < -0.4 is 5.32 Å². The Morgan fingerprint density at radius 1 is 1.26 bits per heavy atom. The van der Waals surface area contributed by atoms with Gasteiger partial charge in [-0.2, -0.15) is 0 Å². The summed E-state index contributed by atoms with van der Waals surface area (Å²) >= 11 is 6.13. The van der Waals surface area contributed by atoms with Gasteiger partial charge in [0.15, 0.2) is 0 Å². The van der Waals surface area contributed by atoms with Crippen LogP contribution in [-0.4, -0.2) is 37.7 Å². The highest BCUT2D eigenvalue weighted by Gasteiger charge is 2.27. The van der Waals surface area contributed by atoms with E-state index in [1.807, 2.05) is 20.8 Å². The molecule has 0 saturated heterocycles. The molecule has 0 aliphatic rings. The molecule has 0 bridgehead atoms. The van der Waals surface area contributed by atoms with Gasteiger partial charge in [-0.05, 0) is 32.9 Å². The Morgan fingerprint density at radius 2 is 1.79 bits per heavy atom. The average Bonchev–Trinajstić information content (AvgIpc) is 2.28. The summed E-state index contributed by atoms with van der Waals surface area (Å²) < 4.78 is 25.7. The van der Waals surface area contributed by atoms with E-state index in [-0.39, 0.29) is 10.3 Å². The molecule has 1 aromatic rings. The van der Waals surface area contributed by atoms with Crippen molar-refractivity contribution in [3.8, 4) is 0 Å². The molecule has 0 fully saturated rings. The molecule has 0 heterocycles. The number of anilines is 1. The van der Waals surface area contributed by atoms with Gasteiger partial charge in [0.1, 0.15) is 4.90 Å². The number of benzene rings is 1. The molecule has 0 radical (unpaired) electrons. The number of nitrogens with zero attached hydrogens (tertiary/aromatic N) is 1. The van der Waals surface area contributed by atoms with Gasteiger partial charge in [-0.15, -0.1) is 11.6 Å². The van der Waals surface area contributed by atoms with Crippen molar-refractivity contribution in [2.45, 2.75) is 36.6 Å². The van der Waals surface area contributed by atoms with Crippen LogP contribution in [0.1, 0.15) is 20.8 Å². The molecular weight excluding hydrogens is 284 g/mol. The summed E-state index contributed by atoms with van der Waals surface area (Å²) in [6, 6.07) is 6.84. The van der Waals surface area contributed by atoms with Gasteiger partial charge in [0.25, 0.3) is 0 Å². The van der Waals surface area contributed by atoms with E-state index in [1.54, 1.807) is 24.3 Å². The number of hydrogen-bond acceptors (Lipinski definition) is 3. The van der Waals surface area contributed by atoms with Crippen molar-refractivity contribution in [1.82, 2.24) is 4.31 Å². The summed E-state index contributed by atoms with van der Waals surface area (Å²) in [6.07, 6.45) is 0. The van der Waals surface area contributed by atoms with Crippen LogP contribution in [0.3, 0.4) is 0 Å². The molecule has 1 N–H and O–H groups in total. The highest BCUT2D eigenvalue weighted by Crippen LogP contribution is 2.28. The van der Waals surface area contributed by atoms with E-state index >= 15 is 0 Å². The molecule has 0 saturated carbocycles. The van der Waals surface area contributed by atoms with E-state index in [4.69, 9.17) is 11.6 Å². The van der Waals surface area contributed by atoms with Gasteiger partial charge in [0.2, 0.25) is 10.0 Å². The lowest BCUT2D eigenvalue weighted by atomic mass is 10.0. The largest absolute Gasteiger partial charge is 0.378 e. The van der Waals surface area contributed by atoms with Crippen LogP contribution in [0.15, 0.2) is 29.2 Å². The lowest BCUT2D eigenvalue weighted by Gasteiger charge is -2.31. The van der Waals surface area contributed by atoms with E-state index in [0.29, 0.717) is 5.69 Å². The van der Waals surface area contributed by atoms with Gasteiger partial charge in [-0.3, -0.25) is 0 Å². The second-order valence-electron chi connectivity index (χ2n) is 5.25. The van der Waals surface area contributed by atoms with Crippen molar-refractivity contribution in [1.29, 1.82) is 0 Å². The average molecular weight is 305 g/mol. The maximum absolute atomic E-state index is 12.3. The summed E-state index contributed by atoms with van der Waals surface area (Å²) in [7, 11) is -0.447. The van der Waals surface area contributed by atoms with Crippen molar-refractivity contribution in [3.63, 3.8) is 0 Å². The van der Waals surface area contributed by atoms with Crippen LogP contribution >= 0.6 is 11.6 Å². The second kappa shape index (κ2) is 5.69. The minimum atomic E-state index is -3.48. The van der Waals surface area contributed by atoms with E-state index < -0.39 is 15.6 Å². The molecule has 19 heavy (non-hydrogen) atoms. The van der Waals surface area contributed by atoms with Crippen LogP contribution in [0.25, 0.3) is 0 Å². The Balaban J connectivity index is 3.26. The number of para-hydroxylation sites is 1. The molecule has 1 unspecified atom stereocenters. The Labute approximate surface area is 120 Å². The summed E-state index contributed by atoms with van der Waals surface area (Å²) in [5.41, 5.74) is 0.146. The van der Waals surface area contributed by atoms with Crippen LogP contribution in [0.5, 0.6) is 0 Å². The Morgan fingerprint density at radius 3 is 2.26 bits per heavy atom. The summed E-state index contributed by atoms with van der Waals surface area (Å²) in [4.78, 5) is 0.255. The van der Waals surface area contributed by atoms with Gasteiger partial charge in [-0.1, -0.05) is 12.1 Å². The minimum absolute atomic E-state index is 0.150. The Kier molecular flexibility index (Phi) is 4.87. The van der Waals surface area contributed by atoms with Crippen molar-refractivity contribution in [3.05, 3.63) is 24.3 Å². The van der Waals surface area contributed by atoms with Gasteiger partial charge in [0, 0.05) is 19.6 Å². The topological polar surface area (TPSA) is 49.4 Å². The first-order valence-electron chi connectivity index (χ1n) is 6.03. The molecule has 0 aliphatic heterocycles. The van der Waals surface area contributed by atoms with E-state index in [1.165, 1.54) is 18.4 Å². The van der Waals surface area contributed by atoms with Crippen molar-refractivity contribution < 1.29 is 8.42 Å². The second-order valence-corrected chi connectivity index (χ2v) is 8.02. The smallest absolute Gasteiger partial charge is 0.244 e. The normalized spacial score (nSPS) is 14.5. The van der Waals surface area contributed by atoms with E-state index in [9.17, 15) is 8.42 Å². The van der Waals surface area contributed by atoms with Crippen molar-refractivity contribution in [2.75, 3.05) is 19.4 Å². The van der Waals surface area contributed by atoms with E-state index in [0.717, 1.165) is 0 Å². The lowest BCUT2D eigenvalue weighted by molar-refractivity contribution is 0.519. The quantitative estimate of drug-likeness (QED) is 0.851. The summed E-state index contributed by atoms with van der Waals surface area (Å²) in [5.74, 6) is 0. The Bertz CT molecular complexity index is 539. The van der Waals surface area contributed by atoms with Crippen LogP contribution in [0.4, 0.5) is 5.69 Å². The molecule has 0 amide bonds. The maximum atomic E-state index is 12.3. The van der Waals surface area contributed by atoms with Crippen molar-refractivity contribution in [2.24, 2.45) is 0 Å². The molecule has 0 spiro atoms. The molecule has 1 atom stereocenters. The predicted molar refractivity (Wildman–Crippen MR) is 80.3 cm³/mol. The fraction of sp³-hybridized carbons (Fsp3) is 0.538. The first-order valence-corrected chi connectivity index (χ1v) is 7.90. The lowest BCUT2D eigenvalue weighted by Crippen LogP contribution is -2.39. The molecule has 0 aromatic heterocycles. The first-order chi connectivity index (χ1) is 8.59. The highest BCUT2D eigenvalue weighted by atomic mass is 35.5. The SMILES string of the molecule is CC(Cl)C(C)(C)Nc1ccccc1S(=O)(=O)N(C)C. The van der Waals surface area contributed by atoms with E-state index in [2.05, 4.69) is 5.32 Å². The first kappa shape index (κ1) is 16.3. The third-order valence-corrected chi connectivity index (χ3v) is 5.52. The van der Waals surface area contributed by atoms with Gasteiger partial charge in [0.05, 0.1) is 11.1 Å². The zero-order valence-electron chi connectivity index (χ0n) is 11.9. The number of nitrogens with one attached hydrogen (secondary N) is 1. The minimum Gasteiger partial charge on any atom is -0.378 e. The van der Waals surface area contributed by atoms with Crippen molar-refractivity contribution >= 4 is 27.3 Å². The van der Waals surface area contributed by atoms with Crippen LogP contribution in [0.2, 0.25) is 0 Å². The monoisotopic (exact) mass is 304 g/mol. The molecular formula is C13H21ClN2O2S. The Hall–Kier alpha value is -0.780. The predicted octanol–water partition coefficient (Wildman–Crippen LogP) is 2.75. The maximum Gasteiger partial charge on any atom is 0.244 e. The fourth-order valence-corrected chi connectivity index (χ4v) is 2.53. The van der Waals surface area contributed by atoms with Gasteiger partial charge >= 0.3 is 0 Å². The fourth-order valence-electron chi connectivity index (χ4n) is 1.44. The zero-order chi connectivity index (χ0) is 14.8. The molecule has 6 heteroatoms. The molecule has 4 nitrogen and oxygen atoms in total. The third kappa shape index (κ3) is 3.61. The third-order valence-electron chi connectivity index (χ3n) is 3.10. The molecule has 108 valence electrons. The zero-order valence-corrected chi connectivity index (χ0v) is 13.5. The number of sulfonamides is 1. The van der Waals surface area contributed by atoms with Crippen LogP contribution in [0, 0.1) is 0 Å². The van der Waals surface area contributed by atoms with Crippen LogP contribution in [-0.2, 0) is 10.0 Å². The molecule has 1 rings (SSSR count). The molecule has 0 aliphatic carbocycles. The molecule has 1 aromatic carbocycles. The number of halogens is 1. The van der Waals surface area contributed by atoms with Gasteiger partial charge < -0.3 is 5.32 Å². The number of hydrogen-bond donors (Lipinski definition) is 1. The van der Waals surface area contributed by atoms with Gasteiger partial charge in [-0.25, -0.2) is 12.7 Å². The summed E-state index contributed by atoms with van der Waals surface area (Å²) in [6.45, 7) is 5.74.